The Balaban J connectivity index is 2.33. The van der Waals surface area contributed by atoms with Gasteiger partial charge >= 0.3 is 12.0 Å². The molecular formula is C14H25N3O4. The molecule has 21 heavy (non-hydrogen) atoms. The number of carbonyl (C=O) groups is 3. The number of rotatable bonds is 5. The molecule has 0 radical (unpaired) electrons. The van der Waals surface area contributed by atoms with Crippen molar-refractivity contribution in [2.24, 2.45) is 5.92 Å². The third-order valence-corrected chi connectivity index (χ3v) is 3.79. The number of hydrogen-bond acceptors (Lipinski definition) is 4. The molecule has 1 atom stereocenters. The first kappa shape index (κ1) is 17.4. The van der Waals surface area contributed by atoms with Gasteiger partial charge in [0.1, 0.15) is 0 Å². The van der Waals surface area contributed by atoms with Crippen molar-refractivity contribution in [2.45, 2.75) is 38.6 Å². The van der Waals surface area contributed by atoms with Crippen LogP contribution in [0.2, 0.25) is 0 Å². The topological polar surface area (TPSA) is 89.9 Å². The number of carboxylic acid groups (broad SMARTS) is 1. The number of amides is 3. The highest BCUT2D eigenvalue weighted by molar-refractivity contribution is 5.94. The van der Waals surface area contributed by atoms with Gasteiger partial charge in [-0.25, -0.2) is 4.79 Å². The van der Waals surface area contributed by atoms with Gasteiger partial charge in [0.2, 0.25) is 5.91 Å². The van der Waals surface area contributed by atoms with Crippen LogP contribution in [-0.2, 0) is 9.59 Å². The Labute approximate surface area is 125 Å². The van der Waals surface area contributed by atoms with E-state index in [0.717, 1.165) is 12.8 Å². The fourth-order valence-electron chi connectivity index (χ4n) is 2.52. The van der Waals surface area contributed by atoms with Crippen LogP contribution in [0.15, 0.2) is 0 Å². The van der Waals surface area contributed by atoms with E-state index in [1.807, 2.05) is 14.1 Å². The average molecular weight is 299 g/mol. The van der Waals surface area contributed by atoms with Gasteiger partial charge in [-0.3, -0.25) is 14.9 Å². The van der Waals surface area contributed by atoms with E-state index < -0.39 is 11.9 Å². The Bertz CT molecular complexity index is 390. The number of imide groups is 1. The molecule has 0 spiro atoms. The Kier molecular flexibility index (Phi) is 6.61. The lowest BCUT2D eigenvalue weighted by Crippen LogP contribution is -2.49. The number of likely N-dealkylation sites (tertiary alicyclic amines) is 1. The quantitative estimate of drug-likeness (QED) is 0.782. The number of nitrogens with one attached hydrogen (secondary N) is 1. The zero-order valence-corrected chi connectivity index (χ0v) is 13.0. The molecule has 7 heteroatoms. The summed E-state index contributed by atoms with van der Waals surface area (Å²) in [4.78, 5) is 38.0. The Morgan fingerprint density at radius 2 is 1.81 bits per heavy atom. The van der Waals surface area contributed by atoms with E-state index >= 15 is 0 Å². The number of carboxylic acids is 1. The number of urea groups is 1. The molecule has 7 nitrogen and oxygen atoms in total. The molecule has 0 aromatic carbocycles. The van der Waals surface area contributed by atoms with E-state index in [2.05, 4.69) is 10.2 Å². The van der Waals surface area contributed by atoms with Crippen LogP contribution < -0.4 is 5.32 Å². The van der Waals surface area contributed by atoms with Gasteiger partial charge in [-0.15, -0.1) is 0 Å². The lowest BCUT2D eigenvalue weighted by molar-refractivity contribution is -0.138. The van der Waals surface area contributed by atoms with E-state index in [1.165, 1.54) is 0 Å². The molecule has 1 fully saturated rings. The van der Waals surface area contributed by atoms with Gasteiger partial charge in [0, 0.05) is 32.0 Å². The van der Waals surface area contributed by atoms with Gasteiger partial charge in [0.25, 0.3) is 0 Å². The van der Waals surface area contributed by atoms with Crippen molar-refractivity contribution in [3.8, 4) is 0 Å². The highest BCUT2D eigenvalue weighted by atomic mass is 16.4. The van der Waals surface area contributed by atoms with Crippen LogP contribution in [0.5, 0.6) is 0 Å². The first-order chi connectivity index (χ1) is 9.79. The third kappa shape index (κ3) is 6.12. The van der Waals surface area contributed by atoms with Crippen LogP contribution >= 0.6 is 0 Å². The van der Waals surface area contributed by atoms with Gasteiger partial charge in [-0.2, -0.15) is 0 Å². The van der Waals surface area contributed by atoms with E-state index in [0.29, 0.717) is 19.1 Å². The van der Waals surface area contributed by atoms with Crippen molar-refractivity contribution >= 4 is 17.9 Å². The highest BCUT2D eigenvalue weighted by Crippen LogP contribution is 2.14. The molecule has 1 saturated heterocycles. The Morgan fingerprint density at radius 1 is 1.24 bits per heavy atom. The first-order valence-electron chi connectivity index (χ1n) is 7.26. The summed E-state index contributed by atoms with van der Waals surface area (Å²) in [6.45, 7) is 2.94. The molecule has 3 amide bonds. The van der Waals surface area contributed by atoms with Gasteiger partial charge in [0.15, 0.2) is 0 Å². The smallest absolute Gasteiger partial charge is 0.324 e. The summed E-state index contributed by atoms with van der Waals surface area (Å²) >= 11 is 0. The van der Waals surface area contributed by atoms with Crippen LogP contribution in [0.1, 0.15) is 32.6 Å². The van der Waals surface area contributed by atoms with Gasteiger partial charge in [-0.05, 0) is 32.9 Å². The normalized spacial score (nSPS) is 17.6. The molecular weight excluding hydrogens is 274 g/mol. The van der Waals surface area contributed by atoms with Crippen molar-refractivity contribution < 1.29 is 19.5 Å². The molecule has 1 rings (SSSR count). The summed E-state index contributed by atoms with van der Waals surface area (Å²) in [6, 6.07) is 0.0973. The van der Waals surface area contributed by atoms with Crippen LogP contribution in [0.25, 0.3) is 0 Å². The SMILES string of the molecule is CC(CC(=O)O)CC(=O)NC(=O)N1CCC(N(C)C)CC1. The largest absolute Gasteiger partial charge is 0.481 e. The lowest BCUT2D eigenvalue weighted by atomic mass is 10.0. The Hall–Kier alpha value is -1.63. The fourth-order valence-corrected chi connectivity index (χ4v) is 2.52. The maximum atomic E-state index is 12.0. The zero-order valence-electron chi connectivity index (χ0n) is 13.0. The summed E-state index contributed by atoms with van der Waals surface area (Å²) < 4.78 is 0. The number of piperidine rings is 1. The summed E-state index contributed by atoms with van der Waals surface area (Å²) in [5.41, 5.74) is 0. The van der Waals surface area contributed by atoms with Crippen LogP contribution in [0, 0.1) is 5.92 Å². The molecule has 0 saturated carbocycles. The van der Waals surface area contributed by atoms with Crippen molar-refractivity contribution in [3.05, 3.63) is 0 Å². The number of carbonyl (C=O) groups excluding carboxylic acids is 2. The van der Waals surface area contributed by atoms with Gasteiger partial charge in [0.05, 0.1) is 0 Å². The number of hydrogen-bond donors (Lipinski definition) is 2. The van der Waals surface area contributed by atoms with E-state index in [9.17, 15) is 14.4 Å². The molecule has 1 aliphatic rings. The average Bonchev–Trinajstić information content (AvgIpc) is 2.37. The van der Waals surface area contributed by atoms with Gasteiger partial charge in [-0.1, -0.05) is 6.92 Å². The maximum Gasteiger partial charge on any atom is 0.324 e. The first-order valence-corrected chi connectivity index (χ1v) is 7.26. The third-order valence-electron chi connectivity index (χ3n) is 3.79. The molecule has 0 aromatic rings. The second kappa shape index (κ2) is 7.97. The minimum absolute atomic E-state index is 0.0478. The monoisotopic (exact) mass is 299 g/mol. The predicted molar refractivity (Wildman–Crippen MR) is 77.9 cm³/mol. The summed E-state index contributed by atoms with van der Waals surface area (Å²) in [6.07, 6.45) is 1.76. The molecule has 2 N–H and O–H groups in total. The molecule has 0 aromatic heterocycles. The summed E-state index contributed by atoms with van der Waals surface area (Å²) in [7, 11) is 4.04. The maximum absolute atomic E-state index is 12.0. The minimum Gasteiger partial charge on any atom is -0.481 e. The second-order valence-corrected chi connectivity index (χ2v) is 5.94. The zero-order chi connectivity index (χ0) is 16.0. The van der Waals surface area contributed by atoms with Gasteiger partial charge < -0.3 is 14.9 Å². The molecule has 1 unspecified atom stereocenters. The van der Waals surface area contributed by atoms with E-state index in [4.69, 9.17) is 5.11 Å². The van der Waals surface area contributed by atoms with Crippen LogP contribution in [0.3, 0.4) is 0 Å². The van der Waals surface area contributed by atoms with Crippen molar-refractivity contribution in [1.29, 1.82) is 0 Å². The number of nitrogens with zero attached hydrogens (tertiary/aromatic N) is 2. The van der Waals surface area contributed by atoms with Crippen molar-refractivity contribution in [2.75, 3.05) is 27.2 Å². The highest BCUT2D eigenvalue weighted by Gasteiger charge is 2.25. The number of aliphatic carboxylic acids is 1. The molecule has 1 heterocycles. The van der Waals surface area contributed by atoms with Crippen molar-refractivity contribution in [1.82, 2.24) is 15.1 Å². The minimum atomic E-state index is -0.938. The second-order valence-electron chi connectivity index (χ2n) is 5.94. The van der Waals surface area contributed by atoms with Crippen molar-refractivity contribution in [3.63, 3.8) is 0 Å². The van der Waals surface area contributed by atoms with E-state index in [1.54, 1.807) is 11.8 Å². The lowest BCUT2D eigenvalue weighted by Gasteiger charge is -2.35. The molecule has 1 aliphatic heterocycles. The summed E-state index contributed by atoms with van der Waals surface area (Å²) in [5, 5.41) is 11.0. The van der Waals surface area contributed by atoms with Crippen LogP contribution in [0.4, 0.5) is 4.79 Å². The van der Waals surface area contributed by atoms with Crippen LogP contribution in [-0.4, -0.2) is 66.0 Å². The molecule has 0 bridgehead atoms. The molecule has 120 valence electrons. The summed E-state index contributed by atoms with van der Waals surface area (Å²) in [5.74, 6) is -1.63. The molecule has 0 aliphatic carbocycles. The Morgan fingerprint density at radius 3 is 2.29 bits per heavy atom. The fraction of sp³-hybridized carbons (Fsp3) is 0.786. The standard InChI is InChI=1S/C14H25N3O4/c1-10(9-13(19)20)8-12(18)15-14(21)17-6-4-11(5-7-17)16(2)3/h10-11H,4-9H2,1-3H3,(H,19,20)(H,15,18,21). The van der Waals surface area contributed by atoms with E-state index in [-0.39, 0.29) is 24.8 Å². The predicted octanol–water partition coefficient (Wildman–Crippen LogP) is 0.750.